The molecule has 5 heteroatoms. The summed E-state index contributed by atoms with van der Waals surface area (Å²) in [7, 11) is 0. The van der Waals surface area contributed by atoms with Crippen LogP contribution in [0, 0.1) is 0 Å². The number of hydrogen-bond acceptors (Lipinski definition) is 3. The number of halogens is 2. The Kier molecular flexibility index (Phi) is 7.11. The van der Waals surface area contributed by atoms with Gasteiger partial charge in [-0.25, -0.2) is 0 Å². The fourth-order valence-corrected chi connectivity index (χ4v) is 2.88. The van der Waals surface area contributed by atoms with Gasteiger partial charge in [0.15, 0.2) is 0 Å². The maximum Gasteiger partial charge on any atom is 0.147 e. The number of benzene rings is 1. The quantitative estimate of drug-likeness (QED) is 0.728. The monoisotopic (exact) mass is 365 g/mol. The van der Waals surface area contributed by atoms with E-state index >= 15 is 0 Å². The van der Waals surface area contributed by atoms with Crippen molar-refractivity contribution in [3.63, 3.8) is 0 Å². The topological polar surface area (TPSA) is 41.5 Å². The summed E-state index contributed by atoms with van der Waals surface area (Å²) in [6.45, 7) is 4.27. The number of aliphatic hydroxyl groups excluding tert-OH is 1. The van der Waals surface area contributed by atoms with Gasteiger partial charge in [-0.1, -0.05) is 6.92 Å². The highest BCUT2D eigenvalue weighted by atomic mass is 79.9. The fourth-order valence-electron chi connectivity index (χ4n) is 1.37. The Labute approximate surface area is 119 Å². The van der Waals surface area contributed by atoms with Gasteiger partial charge in [0.05, 0.1) is 22.2 Å². The first-order valence-corrected chi connectivity index (χ1v) is 7.20. The lowest BCUT2D eigenvalue weighted by Crippen LogP contribution is -2.17. The van der Waals surface area contributed by atoms with E-state index in [0.717, 1.165) is 33.2 Å². The first kappa shape index (κ1) is 15.0. The van der Waals surface area contributed by atoms with Crippen LogP contribution in [-0.2, 0) is 6.54 Å². The van der Waals surface area contributed by atoms with Crippen LogP contribution in [0.4, 0.5) is 0 Å². The van der Waals surface area contributed by atoms with E-state index in [2.05, 4.69) is 44.1 Å². The van der Waals surface area contributed by atoms with E-state index in [1.165, 1.54) is 0 Å². The molecule has 0 atom stereocenters. The van der Waals surface area contributed by atoms with Gasteiger partial charge >= 0.3 is 0 Å². The van der Waals surface area contributed by atoms with Crippen LogP contribution in [0.5, 0.6) is 5.75 Å². The summed E-state index contributed by atoms with van der Waals surface area (Å²) >= 11 is 7.01. The van der Waals surface area contributed by atoms with Gasteiger partial charge in [-0.15, -0.1) is 0 Å². The highest BCUT2D eigenvalue weighted by Crippen LogP contribution is 2.34. The largest absolute Gasteiger partial charge is 0.491 e. The summed E-state index contributed by atoms with van der Waals surface area (Å²) in [6.07, 6.45) is 0.985. The van der Waals surface area contributed by atoms with Gasteiger partial charge in [0.1, 0.15) is 5.75 Å². The van der Waals surface area contributed by atoms with Crippen molar-refractivity contribution in [2.45, 2.75) is 19.9 Å². The average molecular weight is 367 g/mol. The molecule has 96 valence electrons. The second kappa shape index (κ2) is 8.08. The van der Waals surface area contributed by atoms with Crippen LogP contribution in [0.15, 0.2) is 21.1 Å². The first-order chi connectivity index (χ1) is 8.19. The summed E-state index contributed by atoms with van der Waals surface area (Å²) in [6, 6.07) is 4.06. The molecule has 0 aromatic heterocycles. The third kappa shape index (κ3) is 4.95. The van der Waals surface area contributed by atoms with E-state index in [1.807, 2.05) is 12.1 Å². The summed E-state index contributed by atoms with van der Waals surface area (Å²) in [5.41, 5.74) is 1.14. The Hall–Kier alpha value is -0.100. The van der Waals surface area contributed by atoms with Crippen LogP contribution in [-0.4, -0.2) is 24.9 Å². The molecule has 0 spiro atoms. The van der Waals surface area contributed by atoms with Crippen molar-refractivity contribution in [1.82, 2.24) is 5.32 Å². The van der Waals surface area contributed by atoms with Crippen LogP contribution in [0.3, 0.4) is 0 Å². The SMILES string of the molecule is CCCOc1c(Br)cc(CNCCO)cc1Br. The molecule has 1 aromatic carbocycles. The van der Waals surface area contributed by atoms with Crippen LogP contribution < -0.4 is 10.1 Å². The molecule has 3 nitrogen and oxygen atoms in total. The van der Waals surface area contributed by atoms with E-state index in [9.17, 15) is 0 Å². The van der Waals surface area contributed by atoms with Gasteiger partial charge < -0.3 is 15.2 Å². The molecular formula is C12H17Br2NO2. The molecule has 2 N–H and O–H groups in total. The molecule has 0 saturated carbocycles. The van der Waals surface area contributed by atoms with Crippen molar-refractivity contribution in [2.75, 3.05) is 19.8 Å². The van der Waals surface area contributed by atoms with Crippen molar-refractivity contribution in [1.29, 1.82) is 0 Å². The highest BCUT2D eigenvalue weighted by molar-refractivity contribution is 9.11. The molecular weight excluding hydrogens is 350 g/mol. The van der Waals surface area contributed by atoms with E-state index in [-0.39, 0.29) is 6.61 Å². The summed E-state index contributed by atoms with van der Waals surface area (Å²) < 4.78 is 7.53. The molecule has 0 amide bonds. The van der Waals surface area contributed by atoms with Gasteiger partial charge in [0, 0.05) is 13.1 Å². The third-order valence-corrected chi connectivity index (χ3v) is 3.30. The predicted molar refractivity (Wildman–Crippen MR) is 76.4 cm³/mol. The van der Waals surface area contributed by atoms with Gasteiger partial charge in [-0.05, 0) is 56.0 Å². The molecule has 1 rings (SSSR count). The second-order valence-corrected chi connectivity index (χ2v) is 5.35. The van der Waals surface area contributed by atoms with Gasteiger partial charge in [-0.3, -0.25) is 0 Å². The molecule has 0 fully saturated rings. The Morgan fingerprint density at radius 1 is 1.29 bits per heavy atom. The summed E-state index contributed by atoms with van der Waals surface area (Å²) in [5, 5.41) is 11.8. The molecule has 17 heavy (non-hydrogen) atoms. The van der Waals surface area contributed by atoms with Crippen molar-refractivity contribution < 1.29 is 9.84 Å². The number of hydrogen-bond donors (Lipinski definition) is 2. The molecule has 0 heterocycles. The lowest BCUT2D eigenvalue weighted by Gasteiger charge is -2.12. The van der Waals surface area contributed by atoms with Crippen LogP contribution >= 0.6 is 31.9 Å². The Bertz CT molecular complexity index is 335. The lowest BCUT2D eigenvalue weighted by molar-refractivity contribution is 0.292. The molecule has 0 aliphatic carbocycles. The molecule has 0 aliphatic heterocycles. The van der Waals surface area contributed by atoms with E-state index in [4.69, 9.17) is 9.84 Å². The van der Waals surface area contributed by atoms with Gasteiger partial charge in [-0.2, -0.15) is 0 Å². The molecule has 0 saturated heterocycles. The van der Waals surface area contributed by atoms with E-state index in [1.54, 1.807) is 0 Å². The third-order valence-electron chi connectivity index (χ3n) is 2.13. The van der Waals surface area contributed by atoms with Gasteiger partial charge in [0.25, 0.3) is 0 Å². The Balaban J connectivity index is 2.71. The fraction of sp³-hybridized carbons (Fsp3) is 0.500. The first-order valence-electron chi connectivity index (χ1n) is 5.61. The minimum Gasteiger partial charge on any atom is -0.491 e. The van der Waals surface area contributed by atoms with Crippen LogP contribution in [0.25, 0.3) is 0 Å². The number of rotatable bonds is 7. The predicted octanol–water partition coefficient (Wildman–Crippen LogP) is 3.08. The summed E-state index contributed by atoms with van der Waals surface area (Å²) in [4.78, 5) is 0. The Morgan fingerprint density at radius 3 is 2.47 bits per heavy atom. The minimum absolute atomic E-state index is 0.153. The van der Waals surface area contributed by atoms with E-state index in [0.29, 0.717) is 13.2 Å². The number of aliphatic hydroxyl groups is 1. The van der Waals surface area contributed by atoms with Crippen LogP contribution in [0.1, 0.15) is 18.9 Å². The normalized spacial score (nSPS) is 10.6. The zero-order chi connectivity index (χ0) is 12.7. The second-order valence-electron chi connectivity index (χ2n) is 3.64. The van der Waals surface area contributed by atoms with Crippen molar-refractivity contribution >= 4 is 31.9 Å². The average Bonchev–Trinajstić information content (AvgIpc) is 2.28. The number of ether oxygens (including phenoxy) is 1. The summed E-state index contributed by atoms with van der Waals surface area (Å²) in [5.74, 6) is 0.845. The maximum absolute atomic E-state index is 8.69. The van der Waals surface area contributed by atoms with Crippen molar-refractivity contribution in [2.24, 2.45) is 0 Å². The smallest absolute Gasteiger partial charge is 0.147 e. The zero-order valence-corrected chi connectivity index (χ0v) is 13.0. The van der Waals surface area contributed by atoms with Crippen LogP contribution in [0.2, 0.25) is 0 Å². The molecule has 0 unspecified atom stereocenters. The maximum atomic E-state index is 8.69. The number of nitrogens with one attached hydrogen (secondary N) is 1. The van der Waals surface area contributed by atoms with Gasteiger partial charge in [0.2, 0.25) is 0 Å². The zero-order valence-electron chi connectivity index (χ0n) is 9.80. The highest BCUT2D eigenvalue weighted by Gasteiger charge is 2.08. The molecule has 0 radical (unpaired) electrons. The minimum atomic E-state index is 0.153. The lowest BCUT2D eigenvalue weighted by atomic mass is 10.2. The van der Waals surface area contributed by atoms with Crippen molar-refractivity contribution in [3.8, 4) is 5.75 Å². The molecule has 1 aromatic rings. The molecule has 0 aliphatic rings. The standard InChI is InChI=1S/C12H17Br2NO2/c1-2-5-17-12-10(13)6-9(7-11(12)14)8-15-3-4-16/h6-7,15-16H,2-5,8H2,1H3. The van der Waals surface area contributed by atoms with E-state index < -0.39 is 0 Å². The van der Waals surface area contributed by atoms with Crippen molar-refractivity contribution in [3.05, 3.63) is 26.6 Å². The molecule has 0 bridgehead atoms. The Morgan fingerprint density at radius 2 is 1.94 bits per heavy atom.